The lowest BCUT2D eigenvalue weighted by molar-refractivity contribution is 0.251. The van der Waals surface area contributed by atoms with E-state index in [-0.39, 0.29) is 12.4 Å². The number of rotatable bonds is 2. The molecule has 0 aromatic heterocycles. The maximum atomic E-state index is 6.03. The number of hydrogen-bond acceptors (Lipinski definition) is 2. The lowest BCUT2D eigenvalue weighted by atomic mass is 10.1. The van der Waals surface area contributed by atoms with Gasteiger partial charge in [0.1, 0.15) is 0 Å². The fraction of sp³-hybridized carbons (Fsp3) is 0.571. The fourth-order valence-corrected chi connectivity index (χ4v) is 3.27. The first kappa shape index (κ1) is 14.1. The van der Waals surface area contributed by atoms with Gasteiger partial charge in [0.2, 0.25) is 0 Å². The molecule has 0 radical (unpaired) electrons. The molecule has 1 aromatic carbocycles. The number of hydrogen-bond donors (Lipinski definition) is 1. The molecule has 2 aliphatic rings. The zero-order valence-electron chi connectivity index (χ0n) is 10.4. The maximum absolute atomic E-state index is 6.03. The normalized spacial score (nSPS) is 27.6. The molecule has 2 heterocycles. The molecule has 2 aliphatic heterocycles. The van der Waals surface area contributed by atoms with E-state index in [1.165, 1.54) is 37.9 Å². The van der Waals surface area contributed by atoms with E-state index >= 15 is 0 Å². The number of halogens is 2. The zero-order valence-corrected chi connectivity index (χ0v) is 12.0. The molecule has 4 heteroatoms. The summed E-state index contributed by atoms with van der Waals surface area (Å²) in [5, 5.41) is 4.56. The highest BCUT2D eigenvalue weighted by Gasteiger charge is 2.28. The Morgan fingerprint density at radius 2 is 2.06 bits per heavy atom. The van der Waals surface area contributed by atoms with Crippen molar-refractivity contribution in [3.8, 4) is 0 Å². The number of fused-ring (bicyclic) bond motifs is 2. The highest BCUT2D eigenvalue weighted by Crippen LogP contribution is 2.22. The molecule has 100 valence electrons. The third kappa shape index (κ3) is 3.39. The van der Waals surface area contributed by atoms with Gasteiger partial charge in [0, 0.05) is 36.7 Å². The Labute approximate surface area is 120 Å². The van der Waals surface area contributed by atoms with E-state index in [2.05, 4.69) is 22.3 Å². The topological polar surface area (TPSA) is 15.3 Å². The summed E-state index contributed by atoms with van der Waals surface area (Å²) in [6.07, 6.45) is 4.00. The van der Waals surface area contributed by atoms with Crippen LogP contribution in [0.5, 0.6) is 0 Å². The van der Waals surface area contributed by atoms with Crippen molar-refractivity contribution in [1.82, 2.24) is 10.2 Å². The van der Waals surface area contributed by atoms with Gasteiger partial charge in [-0.1, -0.05) is 23.7 Å². The lowest BCUT2D eigenvalue weighted by Gasteiger charge is -2.24. The van der Waals surface area contributed by atoms with Gasteiger partial charge >= 0.3 is 0 Å². The van der Waals surface area contributed by atoms with Crippen LogP contribution in [0.3, 0.4) is 0 Å². The van der Waals surface area contributed by atoms with E-state index in [4.69, 9.17) is 11.6 Å². The summed E-state index contributed by atoms with van der Waals surface area (Å²) in [5.41, 5.74) is 1.33. The Morgan fingerprint density at radius 3 is 2.89 bits per heavy atom. The molecule has 2 atom stereocenters. The van der Waals surface area contributed by atoms with Crippen molar-refractivity contribution >= 4 is 24.0 Å². The summed E-state index contributed by atoms with van der Waals surface area (Å²) in [6.45, 7) is 3.43. The van der Waals surface area contributed by atoms with Gasteiger partial charge in [-0.3, -0.25) is 4.90 Å². The molecule has 2 saturated heterocycles. The zero-order chi connectivity index (χ0) is 11.7. The van der Waals surface area contributed by atoms with Gasteiger partial charge in [0.15, 0.2) is 0 Å². The van der Waals surface area contributed by atoms with Crippen LogP contribution in [0.4, 0.5) is 0 Å². The van der Waals surface area contributed by atoms with Crippen LogP contribution < -0.4 is 5.32 Å². The van der Waals surface area contributed by atoms with Gasteiger partial charge in [-0.15, -0.1) is 12.4 Å². The van der Waals surface area contributed by atoms with Gasteiger partial charge in [-0.05, 0) is 37.0 Å². The first-order valence-corrected chi connectivity index (χ1v) is 6.90. The Balaban J connectivity index is 0.00000120. The second-order valence-corrected chi connectivity index (χ2v) is 5.73. The largest absolute Gasteiger partial charge is 0.310 e. The molecule has 1 aromatic rings. The van der Waals surface area contributed by atoms with Crippen molar-refractivity contribution < 1.29 is 0 Å². The average Bonchev–Trinajstić information content (AvgIpc) is 2.63. The van der Waals surface area contributed by atoms with E-state index in [1.54, 1.807) is 0 Å². The van der Waals surface area contributed by atoms with Crippen LogP contribution >= 0.6 is 24.0 Å². The van der Waals surface area contributed by atoms with Crippen molar-refractivity contribution in [3.05, 3.63) is 34.9 Å². The molecule has 0 saturated carbocycles. The summed E-state index contributed by atoms with van der Waals surface area (Å²) in [7, 11) is 0. The minimum atomic E-state index is 0. The third-order valence-corrected chi connectivity index (χ3v) is 4.14. The summed E-state index contributed by atoms with van der Waals surface area (Å²) >= 11 is 6.03. The lowest BCUT2D eigenvalue weighted by Crippen LogP contribution is -2.34. The summed E-state index contributed by atoms with van der Waals surface area (Å²) < 4.78 is 0. The van der Waals surface area contributed by atoms with E-state index in [0.717, 1.165) is 17.6 Å². The maximum Gasteiger partial charge on any atom is 0.0409 e. The predicted octanol–water partition coefficient (Wildman–Crippen LogP) is 3.09. The number of nitrogens with zero attached hydrogens (tertiary/aromatic N) is 1. The number of benzene rings is 1. The highest BCUT2D eigenvalue weighted by atomic mass is 35.5. The molecular weight excluding hydrogens is 267 g/mol. The molecular formula is C14H20Cl2N2. The van der Waals surface area contributed by atoms with Crippen LogP contribution in [0, 0.1) is 0 Å². The first-order chi connectivity index (χ1) is 8.29. The quantitative estimate of drug-likeness (QED) is 0.899. The molecule has 2 nitrogen and oxygen atoms in total. The van der Waals surface area contributed by atoms with Gasteiger partial charge < -0.3 is 5.32 Å². The SMILES string of the molecule is Cl.Clc1cccc(CN2CCC3CCC(C2)N3)c1. The second kappa shape index (κ2) is 6.25. The number of likely N-dealkylation sites (tertiary alicyclic amines) is 1. The van der Waals surface area contributed by atoms with Gasteiger partial charge in [-0.25, -0.2) is 0 Å². The molecule has 0 aliphatic carbocycles. The second-order valence-electron chi connectivity index (χ2n) is 5.29. The predicted molar refractivity (Wildman–Crippen MR) is 78.5 cm³/mol. The van der Waals surface area contributed by atoms with E-state index in [1.807, 2.05) is 12.1 Å². The Hall–Kier alpha value is -0.280. The molecule has 1 N–H and O–H groups in total. The fourth-order valence-electron chi connectivity index (χ4n) is 3.05. The number of nitrogens with one attached hydrogen (secondary N) is 1. The summed E-state index contributed by atoms with van der Waals surface area (Å²) in [5.74, 6) is 0. The van der Waals surface area contributed by atoms with Crippen LogP contribution in [0.1, 0.15) is 24.8 Å². The summed E-state index contributed by atoms with van der Waals surface area (Å²) in [4.78, 5) is 2.56. The monoisotopic (exact) mass is 286 g/mol. The van der Waals surface area contributed by atoms with Gasteiger partial charge in [0.05, 0.1) is 0 Å². The molecule has 2 fully saturated rings. The van der Waals surface area contributed by atoms with E-state index < -0.39 is 0 Å². The first-order valence-electron chi connectivity index (χ1n) is 6.52. The van der Waals surface area contributed by atoms with E-state index in [0.29, 0.717) is 6.04 Å². The molecule has 2 unspecified atom stereocenters. The van der Waals surface area contributed by atoms with Crippen molar-refractivity contribution in [2.24, 2.45) is 0 Å². The van der Waals surface area contributed by atoms with Crippen molar-refractivity contribution in [2.75, 3.05) is 13.1 Å². The Morgan fingerprint density at radius 1 is 1.22 bits per heavy atom. The molecule has 0 spiro atoms. The molecule has 0 amide bonds. The molecule has 3 rings (SSSR count). The van der Waals surface area contributed by atoms with Crippen molar-refractivity contribution in [1.29, 1.82) is 0 Å². The van der Waals surface area contributed by atoms with Gasteiger partial charge in [-0.2, -0.15) is 0 Å². The third-order valence-electron chi connectivity index (χ3n) is 3.90. The van der Waals surface area contributed by atoms with Crippen LogP contribution in [0.25, 0.3) is 0 Å². The smallest absolute Gasteiger partial charge is 0.0409 e. The summed E-state index contributed by atoms with van der Waals surface area (Å²) in [6, 6.07) is 9.71. The van der Waals surface area contributed by atoms with Crippen LogP contribution in [-0.4, -0.2) is 30.1 Å². The standard InChI is InChI=1S/C14H19ClN2.ClH/c15-12-3-1-2-11(8-12)9-17-7-6-13-4-5-14(10-17)16-13;/h1-3,8,13-14,16H,4-7,9-10H2;1H. The Kier molecular flexibility index (Phi) is 4.91. The van der Waals surface area contributed by atoms with Crippen molar-refractivity contribution in [2.45, 2.75) is 37.9 Å². The van der Waals surface area contributed by atoms with Crippen molar-refractivity contribution in [3.63, 3.8) is 0 Å². The van der Waals surface area contributed by atoms with Crippen LogP contribution in [0.15, 0.2) is 24.3 Å². The average molecular weight is 287 g/mol. The van der Waals surface area contributed by atoms with Crippen LogP contribution in [-0.2, 0) is 6.54 Å². The minimum absolute atomic E-state index is 0. The Bertz CT molecular complexity index is 397. The molecule has 2 bridgehead atoms. The highest BCUT2D eigenvalue weighted by molar-refractivity contribution is 6.30. The minimum Gasteiger partial charge on any atom is -0.310 e. The molecule has 18 heavy (non-hydrogen) atoms. The van der Waals surface area contributed by atoms with Gasteiger partial charge in [0.25, 0.3) is 0 Å². The van der Waals surface area contributed by atoms with E-state index in [9.17, 15) is 0 Å². The van der Waals surface area contributed by atoms with Crippen LogP contribution in [0.2, 0.25) is 5.02 Å².